The molecule has 2 heteroatoms. The molecule has 0 nitrogen and oxygen atoms in total. The van der Waals surface area contributed by atoms with Crippen LogP contribution in [0.2, 0.25) is 4.47 Å². The summed E-state index contributed by atoms with van der Waals surface area (Å²) in [4.78, 5) is 0. The second kappa shape index (κ2) is 11.4. The van der Waals surface area contributed by atoms with Gasteiger partial charge in [-0.05, 0) is 0 Å². The van der Waals surface area contributed by atoms with Gasteiger partial charge in [0.1, 0.15) is 0 Å². The third kappa shape index (κ3) is 7.96. The molecule has 0 unspecified atom stereocenters. The monoisotopic (exact) mass is 444 g/mol. The zero-order chi connectivity index (χ0) is 13.9. The zero-order valence-electron chi connectivity index (χ0n) is 13.0. The molecule has 0 amide bonds. The zero-order valence-corrected chi connectivity index (χ0v) is 17.0. The van der Waals surface area contributed by atoms with Crippen LogP contribution in [0.5, 0.6) is 0 Å². The van der Waals surface area contributed by atoms with E-state index >= 15 is 0 Å². The van der Waals surface area contributed by atoms with Crippen LogP contribution in [-0.4, -0.2) is 35.4 Å². The third-order valence-electron chi connectivity index (χ3n) is 3.41. The van der Waals surface area contributed by atoms with Crippen LogP contribution in [0, 0.1) is 6.92 Å². The predicted octanol–water partition coefficient (Wildman–Crippen LogP) is 4.50. The first-order valence-electron chi connectivity index (χ1n) is 8.00. The fourth-order valence-corrected chi connectivity index (χ4v) is 9.59. The summed E-state index contributed by atoms with van der Waals surface area (Å²) >= 11 is 0.882. The van der Waals surface area contributed by atoms with Crippen LogP contribution >= 0.6 is 0 Å². The van der Waals surface area contributed by atoms with Gasteiger partial charge < -0.3 is 0 Å². The first-order valence-corrected chi connectivity index (χ1v) is 12.5. The van der Waals surface area contributed by atoms with Gasteiger partial charge in [0.05, 0.1) is 0 Å². The van der Waals surface area contributed by atoms with Gasteiger partial charge >= 0.3 is 137 Å². The summed E-state index contributed by atoms with van der Waals surface area (Å²) in [6, 6.07) is 2.56. The molecule has 19 heavy (non-hydrogen) atoms. The van der Waals surface area contributed by atoms with Crippen molar-refractivity contribution in [2.45, 2.75) is 83.0 Å². The van der Waals surface area contributed by atoms with Crippen molar-refractivity contribution in [3.8, 4) is 0 Å². The number of hydrogen-bond donors (Lipinski definition) is 0. The molecule has 0 bridgehead atoms. The van der Waals surface area contributed by atoms with Crippen LogP contribution in [0.1, 0.15) is 74.1 Å². The Bertz CT molecular complexity index is 330. The molecule has 0 aromatic carbocycles. The van der Waals surface area contributed by atoms with E-state index in [9.17, 15) is 0 Å². The molecule has 0 aliphatic carbocycles. The molecule has 0 aliphatic rings. The van der Waals surface area contributed by atoms with Gasteiger partial charge in [-0.2, -0.15) is 0 Å². The third-order valence-corrected chi connectivity index (χ3v) is 9.97. The van der Waals surface area contributed by atoms with Gasteiger partial charge in [0, 0.05) is 0 Å². The summed E-state index contributed by atoms with van der Waals surface area (Å²) in [6.07, 6.45) is 12.9. The van der Waals surface area contributed by atoms with Gasteiger partial charge in [0.2, 0.25) is 0 Å². The second-order valence-electron chi connectivity index (χ2n) is 5.36. The summed E-state index contributed by atoms with van der Waals surface area (Å²) in [7, 11) is 0. The quantitative estimate of drug-likeness (QED) is 0.351. The normalized spacial score (nSPS) is 11.1. The average molecular weight is 441 g/mol. The predicted molar refractivity (Wildman–Crippen MR) is 90.3 cm³/mol. The van der Waals surface area contributed by atoms with E-state index in [-0.39, 0.29) is 20.9 Å². The Labute approximate surface area is 136 Å². The minimum atomic E-state index is 0.151. The van der Waals surface area contributed by atoms with E-state index in [1.54, 1.807) is 4.44 Å². The Morgan fingerprint density at radius 1 is 0.947 bits per heavy atom. The Morgan fingerprint density at radius 3 is 2.37 bits per heavy atom. The second-order valence-corrected chi connectivity index (χ2v) is 11.4. The van der Waals surface area contributed by atoms with E-state index in [1.165, 1.54) is 62.3 Å². The number of aryl methyl sites for hydroxylation is 2. The van der Waals surface area contributed by atoms with Crippen LogP contribution in [0.15, 0.2) is 6.07 Å². The van der Waals surface area contributed by atoms with E-state index in [0.717, 1.165) is 14.5 Å². The molecule has 0 aliphatic heterocycles. The molecule has 0 saturated carbocycles. The van der Waals surface area contributed by atoms with E-state index in [1.807, 2.05) is 8.05 Å². The van der Waals surface area contributed by atoms with Crippen LogP contribution in [0.25, 0.3) is 0 Å². The molecular weight excluding hydrogens is 411 g/mol. The van der Waals surface area contributed by atoms with E-state index < -0.39 is 0 Å². The van der Waals surface area contributed by atoms with Crippen molar-refractivity contribution in [3.63, 3.8) is 0 Å². The fourth-order valence-electron chi connectivity index (χ4n) is 2.23. The summed E-state index contributed by atoms with van der Waals surface area (Å²) in [5.74, 6) is 0. The molecule has 1 rings (SSSR count). The first kappa shape index (κ1) is 17.8. The fraction of sp³-hybridized carbons (Fsp3) is 0.765. The van der Waals surface area contributed by atoms with Gasteiger partial charge in [-0.25, -0.2) is 0 Å². The summed E-state index contributed by atoms with van der Waals surface area (Å²) in [6.45, 7) is 6.96. The van der Waals surface area contributed by atoms with Gasteiger partial charge in [-0.1, -0.05) is 0 Å². The molecule has 110 valence electrons. The van der Waals surface area contributed by atoms with Crippen molar-refractivity contribution in [2.75, 3.05) is 0 Å². The van der Waals surface area contributed by atoms with E-state index in [4.69, 9.17) is 0 Å². The first-order chi connectivity index (χ1) is 9.27. The van der Waals surface area contributed by atoms with Crippen molar-refractivity contribution in [1.29, 1.82) is 0 Å². The van der Waals surface area contributed by atoms with E-state index in [0.29, 0.717) is 0 Å². The maximum atomic E-state index is 2.56. The molecule has 0 atom stereocenters. The van der Waals surface area contributed by atoms with Crippen molar-refractivity contribution in [1.82, 2.24) is 0 Å². The number of hydrogen-bond acceptors (Lipinski definition) is 0. The summed E-state index contributed by atoms with van der Waals surface area (Å²) < 4.78 is 6.95. The summed E-state index contributed by atoms with van der Waals surface area (Å²) in [5, 5.41) is 0. The molecule has 0 N–H and O–H groups in total. The average Bonchev–Trinajstić information content (AvgIpc) is 2.74. The SMILES string of the molecule is CCCCCCCCc1[se]c(C)cc1[Te]CCCC. The standard InChI is InChI=1S/C17H30SeTe/c1-4-6-8-9-10-11-12-16-17(14-15(3)18-16)19-13-7-5-2/h14H,4-13H2,1-3H3. The molecule has 0 radical (unpaired) electrons. The van der Waals surface area contributed by atoms with Gasteiger partial charge in [0.15, 0.2) is 0 Å². The van der Waals surface area contributed by atoms with Crippen LogP contribution in [0.4, 0.5) is 0 Å². The van der Waals surface area contributed by atoms with Crippen LogP contribution < -0.4 is 3.61 Å². The molecule has 1 aromatic rings. The molecular formula is C17H30SeTe. The topological polar surface area (TPSA) is 0 Å². The van der Waals surface area contributed by atoms with Gasteiger partial charge in [0.25, 0.3) is 0 Å². The Morgan fingerprint density at radius 2 is 1.63 bits per heavy atom. The molecule has 1 heterocycles. The molecule has 0 fully saturated rings. The maximum absolute atomic E-state index is 2.56. The van der Waals surface area contributed by atoms with Gasteiger partial charge in [-0.15, -0.1) is 0 Å². The van der Waals surface area contributed by atoms with Crippen molar-refractivity contribution in [3.05, 3.63) is 14.9 Å². The Hall–Kier alpha value is 0.789. The number of rotatable bonds is 11. The molecule has 0 saturated heterocycles. The van der Waals surface area contributed by atoms with Crippen LogP contribution in [0.3, 0.4) is 0 Å². The molecule has 1 aromatic heterocycles. The van der Waals surface area contributed by atoms with E-state index in [2.05, 4.69) is 26.8 Å². The number of unbranched alkanes of at least 4 members (excludes halogenated alkanes) is 6. The summed E-state index contributed by atoms with van der Waals surface area (Å²) in [5.41, 5.74) is 0. The Balaban J connectivity index is 2.27. The van der Waals surface area contributed by atoms with Gasteiger partial charge in [-0.3, -0.25) is 0 Å². The van der Waals surface area contributed by atoms with Crippen molar-refractivity contribution >= 4 is 39.0 Å². The van der Waals surface area contributed by atoms with Crippen LogP contribution in [-0.2, 0) is 6.42 Å². The minimum absolute atomic E-state index is 0.151. The van der Waals surface area contributed by atoms with Crippen molar-refractivity contribution in [2.24, 2.45) is 0 Å². The molecule has 0 spiro atoms. The van der Waals surface area contributed by atoms with Crippen molar-refractivity contribution < 1.29 is 0 Å². The Kier molecular flexibility index (Phi) is 10.7.